The number of rotatable bonds is 4. The van der Waals surface area contributed by atoms with Crippen LogP contribution < -0.4 is 11.5 Å². The molecule has 0 amide bonds. The molecule has 6 rings (SSSR count). The highest BCUT2D eigenvalue weighted by atomic mass is 79.9. The highest BCUT2D eigenvalue weighted by Crippen LogP contribution is 2.38. The van der Waals surface area contributed by atoms with Crippen LogP contribution in [0.4, 0.5) is 11.6 Å². The third kappa shape index (κ3) is 3.42. The van der Waals surface area contributed by atoms with Crippen molar-refractivity contribution in [1.29, 1.82) is 0 Å². The van der Waals surface area contributed by atoms with Gasteiger partial charge >= 0.3 is 0 Å². The Labute approximate surface area is 207 Å². The molecule has 2 aliphatic rings. The Morgan fingerprint density at radius 2 is 1.24 bits per heavy atom. The quantitative estimate of drug-likeness (QED) is 0.380. The lowest BCUT2D eigenvalue weighted by Gasteiger charge is -2.31. The van der Waals surface area contributed by atoms with Gasteiger partial charge in [0.2, 0.25) is 0 Å². The Morgan fingerprint density at radius 1 is 0.788 bits per heavy atom. The van der Waals surface area contributed by atoms with Crippen molar-refractivity contribution < 1.29 is 0 Å². The van der Waals surface area contributed by atoms with Crippen LogP contribution in [-0.4, -0.2) is 58.3 Å². The molecule has 0 unspecified atom stereocenters. The third-order valence-corrected chi connectivity index (χ3v) is 7.93. The van der Waals surface area contributed by atoms with Crippen LogP contribution in [0.15, 0.2) is 34.0 Å². The molecule has 0 aliphatic carbocycles. The zero-order chi connectivity index (χ0) is 22.7. The van der Waals surface area contributed by atoms with E-state index in [0.29, 0.717) is 11.6 Å². The summed E-state index contributed by atoms with van der Waals surface area (Å²) in [7, 11) is 0. The SMILES string of the molecule is Nc1nccn2c([C@@H]3CCCN3CN3CCC[C@H]3c3nc(Br)c4c(N)nccn34)nc(Br)c12. The molecular weight excluding hydrogens is 552 g/mol. The number of anilines is 2. The van der Waals surface area contributed by atoms with Crippen molar-refractivity contribution in [3.05, 3.63) is 45.6 Å². The lowest BCUT2D eigenvalue weighted by molar-refractivity contribution is 0.104. The lowest BCUT2D eigenvalue weighted by atomic mass is 10.2. The van der Waals surface area contributed by atoms with Gasteiger partial charge in [-0.25, -0.2) is 19.9 Å². The van der Waals surface area contributed by atoms with E-state index in [-0.39, 0.29) is 12.1 Å². The van der Waals surface area contributed by atoms with Crippen molar-refractivity contribution in [2.24, 2.45) is 0 Å². The highest BCUT2D eigenvalue weighted by Gasteiger charge is 2.36. The number of hydrogen-bond acceptors (Lipinski definition) is 8. The van der Waals surface area contributed by atoms with E-state index in [2.05, 4.69) is 60.4 Å². The van der Waals surface area contributed by atoms with Crippen LogP contribution in [0, 0.1) is 0 Å². The minimum Gasteiger partial charge on any atom is -0.382 e. The van der Waals surface area contributed by atoms with Crippen LogP contribution in [0.3, 0.4) is 0 Å². The lowest BCUT2D eigenvalue weighted by Crippen LogP contribution is -2.38. The van der Waals surface area contributed by atoms with E-state index in [1.165, 1.54) is 0 Å². The smallest absolute Gasteiger partial charge is 0.150 e. The zero-order valence-corrected chi connectivity index (χ0v) is 21.1. The zero-order valence-electron chi connectivity index (χ0n) is 17.9. The fraction of sp³-hybridized carbons (Fsp3) is 0.429. The number of nitrogen functional groups attached to an aromatic ring is 2. The van der Waals surface area contributed by atoms with Gasteiger partial charge < -0.3 is 11.5 Å². The van der Waals surface area contributed by atoms with E-state index in [4.69, 9.17) is 21.4 Å². The highest BCUT2D eigenvalue weighted by molar-refractivity contribution is 9.10. The number of halogens is 2. The summed E-state index contributed by atoms with van der Waals surface area (Å²) in [5, 5.41) is 0. The molecule has 2 fully saturated rings. The van der Waals surface area contributed by atoms with E-state index in [0.717, 1.165) is 77.3 Å². The van der Waals surface area contributed by atoms with Crippen molar-refractivity contribution in [3.8, 4) is 0 Å². The molecule has 0 aromatic carbocycles. The number of likely N-dealkylation sites (tertiary alicyclic amines) is 2. The Hall–Kier alpha value is -2.28. The first-order valence-electron chi connectivity index (χ1n) is 11.1. The molecule has 12 heteroatoms. The number of fused-ring (bicyclic) bond motifs is 2. The molecule has 0 saturated carbocycles. The van der Waals surface area contributed by atoms with Crippen molar-refractivity contribution in [3.63, 3.8) is 0 Å². The topological polar surface area (TPSA) is 119 Å². The number of imidazole rings is 2. The minimum atomic E-state index is 0.218. The molecule has 172 valence electrons. The van der Waals surface area contributed by atoms with Gasteiger partial charge in [-0.05, 0) is 57.5 Å². The van der Waals surface area contributed by atoms with Crippen molar-refractivity contribution in [2.45, 2.75) is 37.8 Å². The van der Waals surface area contributed by atoms with Crippen molar-refractivity contribution in [2.75, 3.05) is 31.2 Å². The third-order valence-electron chi connectivity index (χ3n) is 6.82. The van der Waals surface area contributed by atoms with E-state index >= 15 is 0 Å². The van der Waals surface area contributed by atoms with Gasteiger partial charge in [0.05, 0.1) is 18.8 Å². The molecule has 4 aromatic heterocycles. The number of aromatic nitrogens is 6. The summed E-state index contributed by atoms with van der Waals surface area (Å²) in [5.74, 6) is 2.98. The van der Waals surface area contributed by atoms with Crippen LogP contribution in [0.1, 0.15) is 49.4 Å². The van der Waals surface area contributed by atoms with Crippen molar-refractivity contribution in [1.82, 2.24) is 38.5 Å². The summed E-state index contributed by atoms with van der Waals surface area (Å²) in [6.07, 6.45) is 11.8. The summed E-state index contributed by atoms with van der Waals surface area (Å²) in [6.45, 7) is 2.92. The summed E-state index contributed by atoms with van der Waals surface area (Å²) in [5.41, 5.74) is 13.9. The van der Waals surface area contributed by atoms with Crippen LogP contribution in [0.2, 0.25) is 0 Å². The Morgan fingerprint density at radius 3 is 1.70 bits per heavy atom. The summed E-state index contributed by atoms with van der Waals surface area (Å²) >= 11 is 7.17. The predicted octanol–water partition coefficient (Wildman–Crippen LogP) is 3.39. The van der Waals surface area contributed by atoms with Gasteiger partial charge in [-0.2, -0.15) is 0 Å². The van der Waals surface area contributed by atoms with Gasteiger partial charge in [-0.1, -0.05) is 0 Å². The minimum absolute atomic E-state index is 0.218. The average molecular weight is 576 g/mol. The monoisotopic (exact) mass is 574 g/mol. The standard InChI is InChI=1S/C21H24Br2N10/c22-16-14-18(24)26-5-9-32(14)20(28-16)12-3-1-7-30(12)11-31-8-2-4-13(31)21-29-17(23)15-19(25)27-6-10-33(15)21/h5-6,9-10,12-13H,1-4,7-8,11H2,(H2,24,26)(H2,25,27)/t12-,13-/m0/s1. The van der Waals surface area contributed by atoms with E-state index in [1.807, 2.05) is 12.4 Å². The maximum absolute atomic E-state index is 6.13. The number of nitrogens with zero attached hydrogens (tertiary/aromatic N) is 8. The van der Waals surface area contributed by atoms with Crippen LogP contribution in [0.25, 0.3) is 11.0 Å². The van der Waals surface area contributed by atoms with E-state index < -0.39 is 0 Å². The summed E-state index contributed by atoms with van der Waals surface area (Å²) in [6, 6.07) is 0.436. The Balaban J connectivity index is 1.31. The molecular formula is C21H24Br2N10. The van der Waals surface area contributed by atoms with Gasteiger partial charge in [0, 0.05) is 37.9 Å². The molecule has 10 nitrogen and oxygen atoms in total. The molecule has 33 heavy (non-hydrogen) atoms. The van der Waals surface area contributed by atoms with Crippen molar-refractivity contribution >= 4 is 54.5 Å². The van der Waals surface area contributed by atoms with Gasteiger partial charge in [0.1, 0.15) is 31.9 Å². The normalized spacial score (nSPS) is 22.2. The van der Waals surface area contributed by atoms with Gasteiger partial charge in [-0.15, -0.1) is 0 Å². The maximum atomic E-state index is 6.13. The molecule has 0 spiro atoms. The fourth-order valence-electron chi connectivity index (χ4n) is 5.36. The molecule has 2 saturated heterocycles. The van der Waals surface area contributed by atoms with Crippen LogP contribution in [-0.2, 0) is 0 Å². The Bertz CT molecular complexity index is 1250. The van der Waals surface area contributed by atoms with Gasteiger partial charge in [0.25, 0.3) is 0 Å². The largest absolute Gasteiger partial charge is 0.382 e. The van der Waals surface area contributed by atoms with Gasteiger partial charge in [0.15, 0.2) is 11.6 Å². The summed E-state index contributed by atoms with van der Waals surface area (Å²) < 4.78 is 5.64. The van der Waals surface area contributed by atoms with Crippen LogP contribution >= 0.6 is 31.9 Å². The molecule has 0 radical (unpaired) electrons. The molecule has 6 heterocycles. The van der Waals surface area contributed by atoms with E-state index in [9.17, 15) is 0 Å². The second-order valence-electron chi connectivity index (χ2n) is 8.67. The maximum Gasteiger partial charge on any atom is 0.150 e. The van der Waals surface area contributed by atoms with Gasteiger partial charge in [-0.3, -0.25) is 18.6 Å². The predicted molar refractivity (Wildman–Crippen MR) is 132 cm³/mol. The summed E-state index contributed by atoms with van der Waals surface area (Å²) in [4.78, 5) is 23.2. The van der Waals surface area contributed by atoms with Crippen LogP contribution in [0.5, 0.6) is 0 Å². The molecule has 2 atom stereocenters. The number of hydrogen-bond donors (Lipinski definition) is 2. The number of nitrogens with two attached hydrogens (primary N) is 2. The fourth-order valence-corrected chi connectivity index (χ4v) is 6.52. The van der Waals surface area contributed by atoms with E-state index in [1.54, 1.807) is 12.4 Å². The molecule has 0 bridgehead atoms. The first kappa shape index (κ1) is 21.3. The second-order valence-corrected chi connectivity index (χ2v) is 10.2. The first-order valence-corrected chi connectivity index (χ1v) is 12.7. The molecule has 4 aromatic rings. The Kier molecular flexibility index (Phi) is 5.28. The molecule has 2 aliphatic heterocycles. The molecule has 4 N–H and O–H groups in total. The first-order chi connectivity index (χ1) is 16.0. The average Bonchev–Trinajstić information content (AvgIpc) is 3.56. The second kappa shape index (κ2) is 8.19.